The topological polar surface area (TPSA) is 72.4 Å². The Balaban J connectivity index is 1.43. The van der Waals surface area contributed by atoms with Crippen LogP contribution in [0.3, 0.4) is 0 Å². The molecule has 6 nitrogen and oxygen atoms in total. The maximum absolute atomic E-state index is 12.3. The minimum Gasteiger partial charge on any atom is -0.459 e. The van der Waals surface area contributed by atoms with Crippen LogP contribution in [-0.4, -0.2) is 34.1 Å². The van der Waals surface area contributed by atoms with E-state index in [4.69, 9.17) is 8.83 Å². The van der Waals surface area contributed by atoms with Gasteiger partial charge >= 0.3 is 0 Å². The number of carbonyl (C=O) groups excluding carboxylic acids is 1. The van der Waals surface area contributed by atoms with Crippen LogP contribution in [0.15, 0.2) is 51.5 Å². The number of hydrogen-bond donors (Lipinski definition) is 0. The van der Waals surface area contributed by atoms with Crippen molar-refractivity contribution in [3.8, 4) is 11.5 Å². The molecule has 1 amide bonds. The van der Waals surface area contributed by atoms with Crippen LogP contribution in [-0.2, 0) is 0 Å². The van der Waals surface area contributed by atoms with Gasteiger partial charge in [0.2, 0.25) is 11.8 Å². The number of piperidine rings is 1. The Kier molecular flexibility index (Phi) is 4.09. The van der Waals surface area contributed by atoms with E-state index >= 15 is 0 Å². The second-order valence-electron chi connectivity index (χ2n) is 6.30. The molecule has 0 N–H and O–H groups in total. The number of rotatable bonds is 3. The largest absolute Gasteiger partial charge is 0.459 e. The van der Waals surface area contributed by atoms with Crippen LogP contribution in [0.2, 0.25) is 0 Å². The van der Waals surface area contributed by atoms with Crippen LogP contribution in [0.5, 0.6) is 0 Å². The van der Waals surface area contributed by atoms with Gasteiger partial charge in [0, 0.05) is 24.6 Å². The maximum atomic E-state index is 12.3. The molecule has 1 aromatic carbocycles. The first-order chi connectivity index (χ1) is 12.2. The summed E-state index contributed by atoms with van der Waals surface area (Å²) in [5.41, 5.74) is 2.07. The molecule has 2 aromatic heterocycles. The normalized spacial score (nSPS) is 15.5. The van der Waals surface area contributed by atoms with E-state index in [1.165, 1.54) is 6.26 Å². The summed E-state index contributed by atoms with van der Waals surface area (Å²) in [6, 6.07) is 11.4. The van der Waals surface area contributed by atoms with Gasteiger partial charge in [0.25, 0.3) is 5.91 Å². The van der Waals surface area contributed by atoms with Crippen LogP contribution < -0.4 is 0 Å². The molecule has 0 spiro atoms. The number of furan rings is 1. The molecular formula is C19H19N3O3. The van der Waals surface area contributed by atoms with E-state index in [1.807, 2.05) is 36.1 Å². The number of amides is 1. The lowest BCUT2D eigenvalue weighted by molar-refractivity contribution is 0.0674. The molecular weight excluding hydrogens is 318 g/mol. The lowest BCUT2D eigenvalue weighted by Crippen LogP contribution is -2.37. The highest BCUT2D eigenvalue weighted by molar-refractivity contribution is 5.91. The van der Waals surface area contributed by atoms with E-state index in [0.29, 0.717) is 30.6 Å². The van der Waals surface area contributed by atoms with Gasteiger partial charge in [-0.3, -0.25) is 4.79 Å². The minimum atomic E-state index is -0.0606. The molecule has 0 aliphatic carbocycles. The van der Waals surface area contributed by atoms with Gasteiger partial charge in [0.1, 0.15) is 0 Å². The molecule has 3 heterocycles. The Bertz CT molecular complexity index is 862. The van der Waals surface area contributed by atoms with Crippen LogP contribution >= 0.6 is 0 Å². The fourth-order valence-electron chi connectivity index (χ4n) is 3.21. The van der Waals surface area contributed by atoms with Gasteiger partial charge in [-0.1, -0.05) is 18.2 Å². The summed E-state index contributed by atoms with van der Waals surface area (Å²) in [5, 5.41) is 8.44. The van der Waals surface area contributed by atoms with Crippen LogP contribution in [0.1, 0.15) is 40.8 Å². The first kappa shape index (κ1) is 15.6. The predicted molar refractivity (Wildman–Crippen MR) is 91.1 cm³/mol. The molecule has 6 heteroatoms. The Hall–Kier alpha value is -2.89. The SMILES string of the molecule is Cc1ccccc1-c1nnc(C2CCN(C(=O)c3ccco3)CC2)o1. The monoisotopic (exact) mass is 337 g/mol. The molecule has 0 atom stereocenters. The van der Waals surface area contributed by atoms with Gasteiger partial charge < -0.3 is 13.7 Å². The van der Waals surface area contributed by atoms with E-state index in [-0.39, 0.29) is 11.8 Å². The number of aromatic nitrogens is 2. The van der Waals surface area contributed by atoms with Crippen LogP contribution in [0, 0.1) is 6.92 Å². The maximum Gasteiger partial charge on any atom is 0.289 e. The second-order valence-corrected chi connectivity index (χ2v) is 6.30. The van der Waals surface area contributed by atoms with Crippen LogP contribution in [0.4, 0.5) is 0 Å². The van der Waals surface area contributed by atoms with Crippen molar-refractivity contribution in [1.82, 2.24) is 15.1 Å². The third-order valence-electron chi connectivity index (χ3n) is 4.68. The molecule has 25 heavy (non-hydrogen) atoms. The molecule has 0 radical (unpaired) electrons. The first-order valence-corrected chi connectivity index (χ1v) is 8.44. The lowest BCUT2D eigenvalue weighted by Gasteiger charge is -2.29. The quantitative estimate of drug-likeness (QED) is 0.729. The van der Waals surface area contributed by atoms with Crippen molar-refractivity contribution in [3.63, 3.8) is 0 Å². The van der Waals surface area contributed by atoms with Crippen LogP contribution in [0.25, 0.3) is 11.5 Å². The van der Waals surface area contributed by atoms with E-state index in [1.54, 1.807) is 12.1 Å². The fraction of sp³-hybridized carbons (Fsp3) is 0.316. The van der Waals surface area contributed by atoms with Crippen molar-refractivity contribution < 1.29 is 13.6 Å². The summed E-state index contributed by atoms with van der Waals surface area (Å²) < 4.78 is 11.1. The molecule has 4 rings (SSSR count). The third-order valence-corrected chi connectivity index (χ3v) is 4.68. The molecule has 3 aromatic rings. The first-order valence-electron chi connectivity index (χ1n) is 8.44. The zero-order valence-corrected chi connectivity index (χ0v) is 14.0. The van der Waals surface area contributed by atoms with Gasteiger partial charge in [0.15, 0.2) is 5.76 Å². The molecule has 1 fully saturated rings. The smallest absolute Gasteiger partial charge is 0.289 e. The van der Waals surface area contributed by atoms with E-state index < -0.39 is 0 Å². The summed E-state index contributed by atoms with van der Waals surface area (Å²) in [4.78, 5) is 14.1. The molecule has 1 aliphatic heterocycles. The van der Waals surface area contributed by atoms with Gasteiger partial charge in [-0.2, -0.15) is 0 Å². The number of benzene rings is 1. The summed E-state index contributed by atoms with van der Waals surface area (Å²) in [7, 11) is 0. The second kappa shape index (κ2) is 6.55. The van der Waals surface area contributed by atoms with Crippen molar-refractivity contribution in [1.29, 1.82) is 0 Å². The zero-order chi connectivity index (χ0) is 17.2. The number of nitrogens with zero attached hydrogens (tertiary/aromatic N) is 3. The number of hydrogen-bond acceptors (Lipinski definition) is 5. The van der Waals surface area contributed by atoms with Crippen molar-refractivity contribution >= 4 is 5.91 Å². The van der Waals surface area contributed by atoms with Gasteiger partial charge in [-0.05, 0) is 43.5 Å². The Labute approximate surface area is 145 Å². The number of likely N-dealkylation sites (tertiary alicyclic amines) is 1. The van der Waals surface area contributed by atoms with Crippen molar-refractivity contribution in [2.45, 2.75) is 25.7 Å². The highest BCUT2D eigenvalue weighted by Crippen LogP contribution is 2.30. The van der Waals surface area contributed by atoms with E-state index in [9.17, 15) is 4.79 Å². The molecule has 128 valence electrons. The molecule has 1 aliphatic rings. The zero-order valence-electron chi connectivity index (χ0n) is 14.0. The Morgan fingerprint density at radius 1 is 1.12 bits per heavy atom. The Morgan fingerprint density at radius 3 is 2.64 bits per heavy atom. The molecule has 0 bridgehead atoms. The average Bonchev–Trinajstić information content (AvgIpc) is 3.34. The van der Waals surface area contributed by atoms with Gasteiger partial charge in [-0.25, -0.2) is 0 Å². The lowest BCUT2D eigenvalue weighted by atomic mass is 9.96. The predicted octanol–water partition coefficient (Wildman–Crippen LogP) is 3.66. The number of carbonyl (C=O) groups is 1. The standard InChI is InChI=1S/C19H19N3O3/c1-13-5-2-3-6-15(13)18-21-20-17(25-18)14-8-10-22(11-9-14)19(23)16-7-4-12-24-16/h2-7,12,14H,8-11H2,1H3. The third kappa shape index (κ3) is 3.07. The van der Waals surface area contributed by atoms with Crippen molar-refractivity contribution in [2.75, 3.05) is 13.1 Å². The summed E-state index contributed by atoms with van der Waals surface area (Å²) in [5.74, 6) is 1.73. The highest BCUT2D eigenvalue weighted by atomic mass is 16.4. The molecule has 0 unspecified atom stereocenters. The summed E-state index contributed by atoms with van der Waals surface area (Å²) >= 11 is 0. The van der Waals surface area contributed by atoms with Crippen molar-refractivity contribution in [3.05, 3.63) is 59.9 Å². The Morgan fingerprint density at radius 2 is 1.92 bits per heavy atom. The number of aryl methyl sites for hydroxylation is 1. The fourth-order valence-corrected chi connectivity index (χ4v) is 3.21. The highest BCUT2D eigenvalue weighted by Gasteiger charge is 2.28. The summed E-state index contributed by atoms with van der Waals surface area (Å²) in [6.07, 6.45) is 3.13. The molecule has 0 saturated carbocycles. The average molecular weight is 337 g/mol. The van der Waals surface area contributed by atoms with E-state index in [0.717, 1.165) is 24.0 Å². The summed E-state index contributed by atoms with van der Waals surface area (Å²) in [6.45, 7) is 3.34. The minimum absolute atomic E-state index is 0.0606. The molecule has 1 saturated heterocycles. The van der Waals surface area contributed by atoms with Gasteiger partial charge in [0.05, 0.1) is 6.26 Å². The van der Waals surface area contributed by atoms with Gasteiger partial charge in [-0.15, -0.1) is 10.2 Å². The van der Waals surface area contributed by atoms with Crippen molar-refractivity contribution in [2.24, 2.45) is 0 Å². The van der Waals surface area contributed by atoms with E-state index in [2.05, 4.69) is 10.2 Å².